The second-order valence-electron chi connectivity index (χ2n) is 12.9. The molecule has 0 amide bonds. The summed E-state index contributed by atoms with van der Waals surface area (Å²) in [5, 5.41) is 123. The predicted molar refractivity (Wildman–Crippen MR) is 189 cm³/mol. The molecule has 276 valence electrons. The highest BCUT2D eigenvalue weighted by atomic mass is 16.3. The van der Waals surface area contributed by atoms with Crippen molar-refractivity contribution in [2.75, 3.05) is 0 Å². The van der Waals surface area contributed by atoms with Gasteiger partial charge in [0, 0.05) is 56.3 Å². The van der Waals surface area contributed by atoms with Gasteiger partial charge in [-0.1, -0.05) is 23.3 Å². The van der Waals surface area contributed by atoms with Crippen molar-refractivity contribution < 1.29 is 61.3 Å². The van der Waals surface area contributed by atoms with E-state index in [0.29, 0.717) is 35.1 Å². The van der Waals surface area contributed by atoms with Gasteiger partial charge in [-0.2, -0.15) is 0 Å². The molecule has 0 spiro atoms. The fourth-order valence-electron chi connectivity index (χ4n) is 7.17. The number of aliphatic hydroxyl groups is 8. The van der Waals surface area contributed by atoms with Crippen LogP contribution in [0.25, 0.3) is 0 Å². The summed E-state index contributed by atoms with van der Waals surface area (Å²) in [5.41, 5.74) is 5.45. The van der Waals surface area contributed by atoms with Gasteiger partial charge in [0.05, 0.1) is 52.9 Å². The van der Waals surface area contributed by atoms with E-state index in [1.807, 2.05) is 12.2 Å². The molecule has 0 bridgehead atoms. The standard InChI is InChI=1S/C40H44O12/c41-13-27-5-23(6-28(14-42)37(27)49)35(24-7-29(15-43)38(50)30(8-24)16-44)21-1-2-22(4-3-21)36(25-9-31(17-45)39(51)32(10-25)18-46)26-11-33(19-47)40(52)34(12-26)20-48/h1-2,5-12,35-36,41-52H,3-4,13-20H2. The Hall–Kier alpha value is -4.76. The quantitative estimate of drug-likeness (QED) is 0.0901. The van der Waals surface area contributed by atoms with Gasteiger partial charge in [-0.3, -0.25) is 0 Å². The molecule has 12 N–H and O–H groups in total. The first-order chi connectivity index (χ1) is 25.1. The number of phenols is 4. The molecule has 1 aliphatic carbocycles. The van der Waals surface area contributed by atoms with Gasteiger partial charge >= 0.3 is 0 Å². The number of hydrogen-bond acceptors (Lipinski definition) is 12. The maximum Gasteiger partial charge on any atom is 0.126 e. The molecule has 0 unspecified atom stereocenters. The average Bonchev–Trinajstić information content (AvgIpc) is 3.17. The van der Waals surface area contributed by atoms with E-state index in [2.05, 4.69) is 0 Å². The third-order valence-corrected chi connectivity index (χ3v) is 9.81. The van der Waals surface area contributed by atoms with Crippen LogP contribution in [0, 0.1) is 0 Å². The Morgan fingerprint density at radius 3 is 0.635 bits per heavy atom. The summed E-state index contributed by atoms with van der Waals surface area (Å²) in [6.45, 7) is -4.11. The summed E-state index contributed by atoms with van der Waals surface area (Å²) in [5.74, 6) is -2.19. The van der Waals surface area contributed by atoms with Gasteiger partial charge in [0.2, 0.25) is 0 Å². The van der Waals surface area contributed by atoms with E-state index in [1.165, 1.54) is 0 Å². The first-order valence-corrected chi connectivity index (χ1v) is 16.7. The van der Waals surface area contributed by atoms with Crippen LogP contribution >= 0.6 is 0 Å². The molecule has 0 aliphatic heterocycles. The maximum atomic E-state index is 10.6. The van der Waals surface area contributed by atoms with Crippen LogP contribution in [0.3, 0.4) is 0 Å². The summed E-state index contributed by atoms with van der Waals surface area (Å²) in [6.07, 6.45) is 4.59. The van der Waals surface area contributed by atoms with E-state index in [9.17, 15) is 61.3 Å². The molecule has 0 fully saturated rings. The number of aromatic hydroxyl groups is 4. The molecule has 12 nitrogen and oxygen atoms in total. The highest BCUT2D eigenvalue weighted by molar-refractivity contribution is 5.57. The van der Waals surface area contributed by atoms with E-state index in [4.69, 9.17) is 0 Å². The van der Waals surface area contributed by atoms with Gasteiger partial charge in [0.15, 0.2) is 0 Å². The number of rotatable bonds is 14. The van der Waals surface area contributed by atoms with E-state index in [0.717, 1.165) is 11.1 Å². The van der Waals surface area contributed by atoms with Crippen LogP contribution < -0.4 is 0 Å². The molecule has 5 rings (SSSR count). The SMILES string of the molecule is OCc1cc(C(C2=CC=C(C(c3cc(CO)c(O)c(CO)c3)c3cc(CO)c(O)c(CO)c3)CC2)c2cc(CO)c(O)c(CO)c2)cc(CO)c1O. The average molecular weight is 717 g/mol. The molecule has 4 aromatic rings. The maximum absolute atomic E-state index is 10.6. The topological polar surface area (TPSA) is 243 Å². The van der Waals surface area contributed by atoms with Gasteiger partial charge in [-0.05, 0) is 83.6 Å². The molecule has 0 aromatic heterocycles. The van der Waals surface area contributed by atoms with E-state index in [1.54, 1.807) is 48.5 Å². The molecule has 0 saturated carbocycles. The lowest BCUT2D eigenvalue weighted by Gasteiger charge is -2.30. The fourth-order valence-corrected chi connectivity index (χ4v) is 7.17. The summed E-state index contributed by atoms with van der Waals surface area (Å²) < 4.78 is 0. The van der Waals surface area contributed by atoms with Crippen molar-refractivity contribution in [3.63, 3.8) is 0 Å². The number of allylic oxidation sites excluding steroid dienone is 4. The van der Waals surface area contributed by atoms with Crippen molar-refractivity contribution >= 4 is 0 Å². The molecule has 12 heteroatoms. The van der Waals surface area contributed by atoms with Crippen LogP contribution in [-0.2, 0) is 52.9 Å². The van der Waals surface area contributed by atoms with Crippen LogP contribution in [0.1, 0.15) is 91.4 Å². The predicted octanol–water partition coefficient (Wildman–Crippen LogP) is 3.06. The molecule has 1 aliphatic rings. The first-order valence-electron chi connectivity index (χ1n) is 16.7. The zero-order valence-electron chi connectivity index (χ0n) is 28.4. The van der Waals surface area contributed by atoms with Gasteiger partial charge in [0.1, 0.15) is 23.0 Å². The smallest absolute Gasteiger partial charge is 0.126 e. The van der Waals surface area contributed by atoms with E-state index >= 15 is 0 Å². The van der Waals surface area contributed by atoms with Crippen molar-refractivity contribution in [2.24, 2.45) is 0 Å². The number of hydrogen-bond donors (Lipinski definition) is 12. The first kappa shape index (κ1) is 38.5. The van der Waals surface area contributed by atoms with Crippen LogP contribution in [0.5, 0.6) is 23.0 Å². The van der Waals surface area contributed by atoms with Gasteiger partial charge < -0.3 is 61.3 Å². The van der Waals surface area contributed by atoms with Crippen LogP contribution in [0.2, 0.25) is 0 Å². The normalized spacial score (nSPS) is 13.2. The minimum atomic E-state index is -0.602. The van der Waals surface area contributed by atoms with Gasteiger partial charge in [0.25, 0.3) is 0 Å². The Kier molecular flexibility index (Phi) is 12.4. The van der Waals surface area contributed by atoms with Crippen LogP contribution in [0.4, 0.5) is 0 Å². The minimum absolute atomic E-state index is 0.182. The Morgan fingerprint density at radius 2 is 0.500 bits per heavy atom. The Bertz CT molecular complexity index is 1630. The van der Waals surface area contributed by atoms with Crippen molar-refractivity contribution in [1.29, 1.82) is 0 Å². The molecular formula is C40H44O12. The lowest BCUT2D eigenvalue weighted by Crippen LogP contribution is -2.14. The monoisotopic (exact) mass is 716 g/mol. The summed E-state index contributed by atoms with van der Waals surface area (Å²) in [4.78, 5) is 0. The molecule has 0 heterocycles. The molecule has 4 aromatic carbocycles. The lowest BCUT2D eigenvalue weighted by atomic mass is 9.74. The van der Waals surface area contributed by atoms with Gasteiger partial charge in [-0.25, -0.2) is 0 Å². The third-order valence-electron chi connectivity index (χ3n) is 9.81. The van der Waals surface area contributed by atoms with Crippen molar-refractivity contribution in [2.45, 2.75) is 77.5 Å². The minimum Gasteiger partial charge on any atom is -0.507 e. The third kappa shape index (κ3) is 7.42. The zero-order valence-corrected chi connectivity index (χ0v) is 28.4. The highest BCUT2D eigenvalue weighted by Gasteiger charge is 2.29. The lowest BCUT2D eigenvalue weighted by molar-refractivity contribution is 0.262. The Morgan fingerprint density at radius 1 is 0.327 bits per heavy atom. The Labute approximate surface area is 300 Å². The fraction of sp³-hybridized carbons (Fsp3) is 0.300. The second kappa shape index (κ2) is 16.7. The number of aliphatic hydroxyl groups excluding tert-OH is 8. The largest absolute Gasteiger partial charge is 0.507 e. The van der Waals surface area contributed by atoms with Crippen LogP contribution in [0.15, 0.2) is 71.8 Å². The molecule has 52 heavy (non-hydrogen) atoms. The van der Waals surface area contributed by atoms with E-state index in [-0.39, 0.29) is 67.5 Å². The van der Waals surface area contributed by atoms with Crippen LogP contribution in [-0.4, -0.2) is 61.3 Å². The number of benzene rings is 4. The van der Waals surface area contributed by atoms with Crippen molar-refractivity contribution in [3.8, 4) is 23.0 Å². The molecule has 0 atom stereocenters. The van der Waals surface area contributed by atoms with Crippen molar-refractivity contribution in [3.05, 3.63) is 139 Å². The van der Waals surface area contributed by atoms with Crippen molar-refractivity contribution in [1.82, 2.24) is 0 Å². The second-order valence-corrected chi connectivity index (χ2v) is 12.9. The summed E-state index contributed by atoms with van der Waals surface area (Å²) in [6, 6.07) is 12.9. The summed E-state index contributed by atoms with van der Waals surface area (Å²) in [7, 11) is 0. The Balaban J connectivity index is 1.75. The zero-order chi connectivity index (χ0) is 37.7. The molecule has 0 saturated heterocycles. The highest BCUT2D eigenvalue weighted by Crippen LogP contribution is 2.46. The van der Waals surface area contributed by atoms with Gasteiger partial charge in [-0.15, -0.1) is 0 Å². The molecule has 0 radical (unpaired) electrons. The van der Waals surface area contributed by atoms with E-state index < -0.39 is 64.7 Å². The summed E-state index contributed by atoms with van der Waals surface area (Å²) >= 11 is 0. The molecular weight excluding hydrogens is 672 g/mol.